The number of carbonyl (C=O) groups is 3. The van der Waals surface area contributed by atoms with Gasteiger partial charge in [0.1, 0.15) is 6.04 Å². The molecule has 0 amide bonds. The maximum atomic E-state index is 13.3. The quantitative estimate of drug-likeness (QED) is 0.0252. The van der Waals surface area contributed by atoms with Crippen LogP contribution >= 0.6 is 0 Å². The van der Waals surface area contributed by atoms with Crippen LogP contribution in [0.5, 0.6) is 0 Å². The topological polar surface area (TPSA) is 113 Å². The Labute approximate surface area is 387 Å². The molecule has 0 spiro atoms. The van der Waals surface area contributed by atoms with Crippen molar-refractivity contribution < 1.29 is 42.8 Å². The van der Waals surface area contributed by atoms with Gasteiger partial charge in [0, 0.05) is 45.6 Å². The molecule has 1 aliphatic rings. The Bertz CT molecular complexity index is 1030. The number of unbranched alkanes of at least 4 members (excludes halogenated alkanes) is 22. The first-order valence-electron chi connectivity index (χ1n) is 26.5. The van der Waals surface area contributed by atoms with Gasteiger partial charge >= 0.3 is 17.9 Å². The molecule has 0 saturated carbocycles. The van der Waals surface area contributed by atoms with E-state index in [4.69, 9.17) is 28.4 Å². The highest BCUT2D eigenvalue weighted by Crippen LogP contribution is 2.23. The van der Waals surface area contributed by atoms with Gasteiger partial charge in [-0.3, -0.25) is 19.3 Å². The minimum Gasteiger partial charge on any atom is -0.466 e. The molecule has 1 fully saturated rings. The highest BCUT2D eigenvalue weighted by molar-refractivity contribution is 5.76. The van der Waals surface area contributed by atoms with Crippen molar-refractivity contribution in [3.63, 3.8) is 0 Å². The van der Waals surface area contributed by atoms with Crippen LogP contribution in [0, 0.1) is 0 Å². The summed E-state index contributed by atoms with van der Waals surface area (Å²) in [5, 5.41) is 0. The molecule has 2 atom stereocenters. The van der Waals surface area contributed by atoms with Crippen LogP contribution in [0.25, 0.3) is 0 Å². The lowest BCUT2D eigenvalue weighted by Crippen LogP contribution is -2.38. The summed E-state index contributed by atoms with van der Waals surface area (Å²) in [5.74, 6) is -0.435. The smallest absolute Gasteiger partial charge is 0.323 e. The molecule has 11 nitrogen and oxygen atoms in total. The minimum atomic E-state index is -0.346. The molecule has 1 saturated heterocycles. The highest BCUT2D eigenvalue weighted by Gasteiger charge is 2.38. The molecule has 63 heavy (non-hydrogen) atoms. The Morgan fingerprint density at radius 2 is 0.952 bits per heavy atom. The average Bonchev–Trinajstić information content (AvgIpc) is 3.68. The maximum Gasteiger partial charge on any atom is 0.323 e. The molecule has 0 aromatic carbocycles. The third-order valence-corrected chi connectivity index (χ3v) is 12.1. The number of likely N-dealkylation sites (tertiary alicyclic amines) is 1. The third-order valence-electron chi connectivity index (χ3n) is 12.1. The average molecular weight is 897 g/mol. The summed E-state index contributed by atoms with van der Waals surface area (Å²) in [6.45, 7) is 12.6. The van der Waals surface area contributed by atoms with E-state index in [1.165, 1.54) is 96.3 Å². The first-order valence-corrected chi connectivity index (χ1v) is 26.5. The lowest BCUT2D eigenvalue weighted by Gasteiger charge is -2.22. The van der Waals surface area contributed by atoms with Crippen LogP contribution in [0.15, 0.2) is 0 Å². The van der Waals surface area contributed by atoms with E-state index >= 15 is 0 Å². The largest absolute Gasteiger partial charge is 0.466 e. The second kappa shape index (κ2) is 44.1. The van der Waals surface area contributed by atoms with E-state index in [-0.39, 0.29) is 36.3 Å². The summed E-state index contributed by atoms with van der Waals surface area (Å²) in [4.78, 5) is 42.5. The molecule has 1 aliphatic heterocycles. The lowest BCUT2D eigenvalue weighted by molar-refractivity contribution is -0.159. The summed E-state index contributed by atoms with van der Waals surface area (Å²) in [6, 6.07) is -0.292. The number of hydrogen-bond acceptors (Lipinski definition) is 11. The molecule has 0 aliphatic carbocycles. The number of hydrogen-bond donors (Lipinski definition) is 0. The fourth-order valence-electron chi connectivity index (χ4n) is 8.09. The summed E-state index contributed by atoms with van der Waals surface area (Å²) in [7, 11) is 4.13. The SMILES string of the molecule is CCCCCCCCCCCOC(=O)CCCCCN1CC(OCCCN(C)C)CC1C(=O)OCCCCCCCOC(=O)CCC(OCCCCCCC)OCCCCCCC. The zero-order chi connectivity index (χ0) is 45.9. The second-order valence-corrected chi connectivity index (χ2v) is 18.4. The molecule has 11 heteroatoms. The molecule has 372 valence electrons. The summed E-state index contributed by atoms with van der Waals surface area (Å²) in [5.41, 5.74) is 0. The van der Waals surface area contributed by atoms with Crippen molar-refractivity contribution in [2.45, 2.75) is 245 Å². The van der Waals surface area contributed by atoms with E-state index in [2.05, 4.69) is 44.7 Å². The van der Waals surface area contributed by atoms with Crippen LogP contribution in [0.3, 0.4) is 0 Å². The fourth-order valence-corrected chi connectivity index (χ4v) is 8.09. The van der Waals surface area contributed by atoms with Crippen molar-refractivity contribution in [1.29, 1.82) is 0 Å². The van der Waals surface area contributed by atoms with E-state index in [9.17, 15) is 14.4 Å². The van der Waals surface area contributed by atoms with Gasteiger partial charge in [0.25, 0.3) is 0 Å². The van der Waals surface area contributed by atoms with Gasteiger partial charge in [0.2, 0.25) is 0 Å². The molecule has 1 rings (SSSR count). The van der Waals surface area contributed by atoms with Crippen LogP contribution in [-0.2, 0) is 42.8 Å². The predicted octanol–water partition coefficient (Wildman–Crippen LogP) is 12.1. The molecule has 0 bridgehead atoms. The van der Waals surface area contributed by atoms with Gasteiger partial charge in [0.05, 0.1) is 32.3 Å². The predicted molar refractivity (Wildman–Crippen MR) is 257 cm³/mol. The van der Waals surface area contributed by atoms with Crippen molar-refractivity contribution in [2.24, 2.45) is 0 Å². The van der Waals surface area contributed by atoms with Gasteiger partial charge in [-0.05, 0) is 78.6 Å². The van der Waals surface area contributed by atoms with E-state index < -0.39 is 0 Å². The lowest BCUT2D eigenvalue weighted by atomic mass is 10.1. The van der Waals surface area contributed by atoms with E-state index in [0.717, 1.165) is 103 Å². The molecule has 0 aromatic rings. The Morgan fingerprint density at radius 3 is 1.46 bits per heavy atom. The third kappa shape index (κ3) is 37.0. The Morgan fingerprint density at radius 1 is 0.508 bits per heavy atom. The fraction of sp³-hybridized carbons (Fsp3) is 0.942. The molecule has 0 N–H and O–H groups in total. The molecular weight excluding hydrogens is 797 g/mol. The number of esters is 3. The molecule has 1 heterocycles. The van der Waals surface area contributed by atoms with E-state index in [1.54, 1.807) is 0 Å². The second-order valence-electron chi connectivity index (χ2n) is 18.4. The van der Waals surface area contributed by atoms with Gasteiger partial charge in [-0.1, -0.05) is 149 Å². The number of rotatable bonds is 47. The zero-order valence-corrected chi connectivity index (χ0v) is 41.8. The molecule has 0 aromatic heterocycles. The minimum absolute atomic E-state index is 0.0214. The summed E-state index contributed by atoms with van der Waals surface area (Å²) in [6.07, 6.45) is 32.9. The molecule has 0 radical (unpaired) electrons. The molecular formula is C52H100N2O9. The van der Waals surface area contributed by atoms with Crippen molar-refractivity contribution >= 4 is 17.9 Å². The monoisotopic (exact) mass is 897 g/mol. The number of ether oxygens (including phenoxy) is 6. The Balaban J connectivity index is 2.29. The summed E-state index contributed by atoms with van der Waals surface area (Å²) >= 11 is 0. The Hall–Kier alpha value is -1.79. The number of carbonyl (C=O) groups excluding carboxylic acids is 3. The normalized spacial score (nSPS) is 15.5. The van der Waals surface area contributed by atoms with Crippen molar-refractivity contribution in [1.82, 2.24) is 9.80 Å². The highest BCUT2D eigenvalue weighted by atomic mass is 16.7. The summed E-state index contributed by atoms with van der Waals surface area (Å²) < 4.78 is 35.1. The van der Waals surface area contributed by atoms with Crippen LogP contribution in [0.4, 0.5) is 0 Å². The first kappa shape index (κ1) is 59.2. The first-order chi connectivity index (χ1) is 30.8. The number of nitrogens with zero attached hydrogens (tertiary/aromatic N) is 2. The molecule has 2 unspecified atom stereocenters. The van der Waals surface area contributed by atoms with Gasteiger partial charge in [-0.25, -0.2) is 0 Å². The van der Waals surface area contributed by atoms with Gasteiger partial charge in [-0.2, -0.15) is 0 Å². The van der Waals surface area contributed by atoms with Gasteiger partial charge in [-0.15, -0.1) is 0 Å². The van der Waals surface area contributed by atoms with Crippen LogP contribution in [0.1, 0.15) is 226 Å². The van der Waals surface area contributed by atoms with E-state index in [1.807, 2.05) is 0 Å². The maximum absolute atomic E-state index is 13.3. The van der Waals surface area contributed by atoms with Crippen molar-refractivity contribution in [3.05, 3.63) is 0 Å². The van der Waals surface area contributed by atoms with Gasteiger partial charge < -0.3 is 33.3 Å². The van der Waals surface area contributed by atoms with Crippen LogP contribution in [-0.4, -0.2) is 120 Å². The van der Waals surface area contributed by atoms with Crippen molar-refractivity contribution in [2.75, 3.05) is 73.4 Å². The van der Waals surface area contributed by atoms with Crippen LogP contribution < -0.4 is 0 Å². The van der Waals surface area contributed by atoms with Crippen LogP contribution in [0.2, 0.25) is 0 Å². The van der Waals surface area contributed by atoms with Crippen molar-refractivity contribution in [3.8, 4) is 0 Å². The Kier molecular flexibility index (Phi) is 41.4. The standard InChI is InChI=1S/C52H100N2O9/c1-6-9-12-15-16-17-18-22-28-39-59-49(55)34-26-25-27-38-54-46-47(58-44-33-37-53(4)5)45-48(54)52(57)63-43-32-24-19-23-29-40-60-50(56)35-36-51(61-41-30-20-13-10-7-2)62-42-31-21-14-11-8-3/h47-48,51H,6-46H2,1-5H3. The zero-order valence-electron chi connectivity index (χ0n) is 41.8. The van der Waals surface area contributed by atoms with Gasteiger partial charge in [0.15, 0.2) is 6.29 Å². The van der Waals surface area contributed by atoms with E-state index in [0.29, 0.717) is 65.3 Å².